The van der Waals surface area contributed by atoms with Gasteiger partial charge in [0.25, 0.3) is 0 Å². The lowest BCUT2D eigenvalue weighted by Gasteiger charge is -2.18. The van der Waals surface area contributed by atoms with E-state index in [0.717, 1.165) is 24.8 Å². The molecule has 0 aliphatic heterocycles. The number of benzene rings is 1. The first-order valence-corrected chi connectivity index (χ1v) is 6.10. The molecule has 0 heterocycles. The molecule has 0 aliphatic rings. The molecule has 2 unspecified atom stereocenters. The van der Waals surface area contributed by atoms with E-state index >= 15 is 0 Å². The Morgan fingerprint density at radius 2 is 2.12 bits per heavy atom. The van der Waals surface area contributed by atoms with E-state index in [0.29, 0.717) is 6.04 Å². The third-order valence-corrected chi connectivity index (χ3v) is 3.10. The first-order valence-electron chi connectivity index (χ1n) is 6.10. The lowest BCUT2D eigenvalue weighted by molar-refractivity contribution is 0.106. The van der Waals surface area contributed by atoms with Gasteiger partial charge in [0.15, 0.2) is 0 Å². The first kappa shape index (κ1) is 14.1. The normalized spacial score (nSPS) is 14.6. The van der Waals surface area contributed by atoms with Crippen molar-refractivity contribution >= 4 is 0 Å². The van der Waals surface area contributed by atoms with Crippen LogP contribution in [-0.4, -0.2) is 26.3 Å². The minimum Gasteiger partial charge on any atom is -0.382 e. The summed E-state index contributed by atoms with van der Waals surface area (Å²) in [5.41, 5.74) is 1.04. The Morgan fingerprint density at radius 1 is 1.35 bits per heavy atom. The van der Waals surface area contributed by atoms with Crippen LogP contribution < -0.4 is 5.32 Å². The lowest BCUT2D eigenvalue weighted by atomic mass is 10.0. The molecular weight excluding hydrogens is 217 g/mol. The largest absolute Gasteiger partial charge is 0.382 e. The summed E-state index contributed by atoms with van der Waals surface area (Å²) < 4.78 is 18.3. The fraction of sp³-hybridized carbons (Fsp3) is 0.571. The van der Waals surface area contributed by atoms with Crippen LogP contribution in [0.2, 0.25) is 0 Å². The van der Waals surface area contributed by atoms with Gasteiger partial charge in [0, 0.05) is 13.2 Å². The number of rotatable bonds is 7. The average molecular weight is 239 g/mol. The number of hydrogen-bond acceptors (Lipinski definition) is 2. The third kappa shape index (κ3) is 5.29. The molecular formula is C14H22FNO. The van der Waals surface area contributed by atoms with E-state index in [1.54, 1.807) is 19.2 Å². The van der Waals surface area contributed by atoms with Crippen molar-refractivity contribution in [2.45, 2.75) is 38.3 Å². The molecule has 0 amide bonds. The second-order valence-corrected chi connectivity index (χ2v) is 4.44. The van der Waals surface area contributed by atoms with Crippen molar-refractivity contribution in [3.8, 4) is 0 Å². The van der Waals surface area contributed by atoms with Crippen LogP contribution in [0, 0.1) is 5.82 Å². The summed E-state index contributed by atoms with van der Waals surface area (Å²) in [5.74, 6) is -0.164. The second kappa shape index (κ2) is 7.41. The highest BCUT2D eigenvalue weighted by Crippen LogP contribution is 2.11. The Hall–Kier alpha value is -0.930. The SMILES string of the molecule is CNC(CCC(C)OC)Cc1cccc(F)c1. The van der Waals surface area contributed by atoms with Crippen molar-refractivity contribution in [3.05, 3.63) is 35.6 Å². The van der Waals surface area contributed by atoms with E-state index in [4.69, 9.17) is 4.74 Å². The monoisotopic (exact) mass is 239 g/mol. The molecule has 2 nitrogen and oxygen atoms in total. The van der Waals surface area contributed by atoms with E-state index < -0.39 is 0 Å². The Labute approximate surface area is 103 Å². The van der Waals surface area contributed by atoms with E-state index in [2.05, 4.69) is 12.2 Å². The Bertz CT molecular complexity index is 330. The molecule has 0 spiro atoms. The lowest BCUT2D eigenvalue weighted by Crippen LogP contribution is -2.28. The molecule has 96 valence electrons. The van der Waals surface area contributed by atoms with Crippen molar-refractivity contribution < 1.29 is 9.13 Å². The highest BCUT2D eigenvalue weighted by atomic mass is 19.1. The molecule has 3 heteroatoms. The summed E-state index contributed by atoms with van der Waals surface area (Å²) in [4.78, 5) is 0. The predicted octanol–water partition coefficient (Wildman–Crippen LogP) is 2.77. The molecule has 2 atom stereocenters. The molecule has 1 rings (SSSR count). The fourth-order valence-electron chi connectivity index (χ4n) is 1.85. The van der Waals surface area contributed by atoms with Crippen LogP contribution in [0.5, 0.6) is 0 Å². The maximum absolute atomic E-state index is 13.0. The molecule has 0 fully saturated rings. The van der Waals surface area contributed by atoms with Crippen molar-refractivity contribution in [2.24, 2.45) is 0 Å². The molecule has 0 saturated heterocycles. The predicted molar refractivity (Wildman–Crippen MR) is 68.7 cm³/mol. The number of nitrogens with one attached hydrogen (secondary N) is 1. The molecule has 0 aliphatic carbocycles. The zero-order chi connectivity index (χ0) is 12.7. The average Bonchev–Trinajstić information content (AvgIpc) is 2.34. The van der Waals surface area contributed by atoms with Crippen LogP contribution >= 0.6 is 0 Å². The summed E-state index contributed by atoms with van der Waals surface area (Å²) in [6.07, 6.45) is 3.17. The zero-order valence-corrected chi connectivity index (χ0v) is 10.9. The van der Waals surface area contributed by atoms with E-state index in [9.17, 15) is 4.39 Å². The third-order valence-electron chi connectivity index (χ3n) is 3.10. The first-order chi connectivity index (χ1) is 8.15. The molecule has 1 aromatic rings. The minimum atomic E-state index is -0.164. The van der Waals surface area contributed by atoms with E-state index in [1.165, 1.54) is 6.07 Å². The summed E-state index contributed by atoms with van der Waals surface area (Å²) in [6, 6.07) is 7.17. The minimum absolute atomic E-state index is 0.164. The highest BCUT2D eigenvalue weighted by molar-refractivity contribution is 5.17. The number of methoxy groups -OCH3 is 1. The van der Waals surface area contributed by atoms with Crippen LogP contribution in [0.1, 0.15) is 25.3 Å². The molecule has 0 aromatic heterocycles. The number of likely N-dealkylation sites (N-methyl/N-ethyl adjacent to an activating group) is 1. The zero-order valence-electron chi connectivity index (χ0n) is 10.9. The fourth-order valence-corrected chi connectivity index (χ4v) is 1.85. The Morgan fingerprint density at radius 3 is 2.71 bits per heavy atom. The number of ether oxygens (including phenoxy) is 1. The summed E-state index contributed by atoms with van der Waals surface area (Å²) in [5, 5.41) is 3.27. The van der Waals surface area contributed by atoms with Gasteiger partial charge in [0.1, 0.15) is 5.82 Å². The molecule has 0 radical (unpaired) electrons. The smallest absolute Gasteiger partial charge is 0.123 e. The Kier molecular flexibility index (Phi) is 6.16. The van der Waals surface area contributed by atoms with Crippen LogP contribution in [0.3, 0.4) is 0 Å². The second-order valence-electron chi connectivity index (χ2n) is 4.44. The summed E-state index contributed by atoms with van der Waals surface area (Å²) in [6.45, 7) is 2.06. The Balaban J connectivity index is 2.46. The maximum Gasteiger partial charge on any atom is 0.123 e. The number of halogens is 1. The molecule has 17 heavy (non-hydrogen) atoms. The van der Waals surface area contributed by atoms with Gasteiger partial charge >= 0.3 is 0 Å². The molecule has 0 bridgehead atoms. The van der Waals surface area contributed by atoms with Crippen LogP contribution in [0.4, 0.5) is 4.39 Å². The van der Waals surface area contributed by atoms with Gasteiger partial charge in [-0.2, -0.15) is 0 Å². The van der Waals surface area contributed by atoms with Gasteiger partial charge in [0.2, 0.25) is 0 Å². The molecule has 0 saturated carbocycles. The molecule has 1 N–H and O–H groups in total. The summed E-state index contributed by atoms with van der Waals surface area (Å²) in [7, 11) is 3.67. The number of hydrogen-bond donors (Lipinski definition) is 1. The van der Waals surface area contributed by atoms with Crippen molar-refractivity contribution in [3.63, 3.8) is 0 Å². The van der Waals surface area contributed by atoms with Gasteiger partial charge in [-0.1, -0.05) is 12.1 Å². The van der Waals surface area contributed by atoms with Gasteiger partial charge in [-0.3, -0.25) is 0 Å². The highest BCUT2D eigenvalue weighted by Gasteiger charge is 2.10. The standard InChI is InChI=1S/C14H22FNO/c1-11(17-3)7-8-14(16-2)10-12-5-4-6-13(15)9-12/h4-6,9,11,14,16H,7-8,10H2,1-3H3. The van der Waals surface area contributed by atoms with Gasteiger partial charge in [-0.15, -0.1) is 0 Å². The van der Waals surface area contributed by atoms with E-state index in [1.807, 2.05) is 13.1 Å². The quantitative estimate of drug-likeness (QED) is 0.790. The van der Waals surface area contributed by atoms with Crippen molar-refractivity contribution in [2.75, 3.05) is 14.2 Å². The van der Waals surface area contributed by atoms with E-state index in [-0.39, 0.29) is 11.9 Å². The van der Waals surface area contributed by atoms with Crippen molar-refractivity contribution in [1.29, 1.82) is 0 Å². The van der Waals surface area contributed by atoms with Crippen LogP contribution in [0.15, 0.2) is 24.3 Å². The van der Waals surface area contributed by atoms with Gasteiger partial charge in [-0.25, -0.2) is 4.39 Å². The van der Waals surface area contributed by atoms with Gasteiger partial charge in [-0.05, 0) is 50.9 Å². The summed E-state index contributed by atoms with van der Waals surface area (Å²) >= 11 is 0. The molecule has 1 aromatic carbocycles. The maximum atomic E-state index is 13.0. The van der Waals surface area contributed by atoms with Crippen LogP contribution in [-0.2, 0) is 11.2 Å². The topological polar surface area (TPSA) is 21.3 Å². The van der Waals surface area contributed by atoms with Gasteiger partial charge in [0.05, 0.1) is 6.10 Å². The van der Waals surface area contributed by atoms with Crippen molar-refractivity contribution in [1.82, 2.24) is 5.32 Å². The van der Waals surface area contributed by atoms with Gasteiger partial charge < -0.3 is 10.1 Å². The van der Waals surface area contributed by atoms with Crippen LogP contribution in [0.25, 0.3) is 0 Å².